The Balaban J connectivity index is 1.75. The van der Waals surface area contributed by atoms with Gasteiger partial charge in [0.25, 0.3) is 0 Å². The van der Waals surface area contributed by atoms with Gasteiger partial charge in [0.15, 0.2) is 0 Å². The van der Waals surface area contributed by atoms with E-state index in [4.69, 9.17) is 5.73 Å². The lowest BCUT2D eigenvalue weighted by Crippen LogP contribution is -2.44. The molecule has 1 fully saturated rings. The average molecular weight is 282 g/mol. The van der Waals surface area contributed by atoms with Crippen LogP contribution in [0.25, 0.3) is 10.8 Å². The number of nitrogens with two attached hydrogens (primary N) is 1. The highest BCUT2D eigenvalue weighted by atomic mass is 15.2. The van der Waals surface area contributed by atoms with Crippen LogP contribution in [0.3, 0.4) is 0 Å². The van der Waals surface area contributed by atoms with E-state index in [9.17, 15) is 0 Å². The van der Waals surface area contributed by atoms with Crippen LogP contribution in [0, 0.1) is 5.92 Å². The fourth-order valence-electron chi connectivity index (χ4n) is 3.43. The van der Waals surface area contributed by atoms with Crippen LogP contribution < -0.4 is 5.73 Å². The molecular weight excluding hydrogens is 256 g/mol. The molecule has 2 nitrogen and oxygen atoms in total. The topological polar surface area (TPSA) is 29.3 Å². The lowest BCUT2D eigenvalue weighted by Gasteiger charge is -2.38. The third-order valence-electron chi connectivity index (χ3n) is 4.88. The van der Waals surface area contributed by atoms with E-state index in [-0.39, 0.29) is 6.04 Å². The minimum absolute atomic E-state index is 0.0994. The molecule has 2 aromatic carbocycles. The molecule has 0 radical (unpaired) electrons. The number of hydrogen-bond acceptors (Lipinski definition) is 2. The molecule has 2 heteroatoms. The standard InChI is InChI=1S/C19H26N2/c1-14-7-8-15(2)21(12-14)13-19(20)18-10-9-16-5-3-4-6-17(16)11-18/h3-6,9-11,14-15,19H,7-8,12-13,20H2,1-2H3. The zero-order valence-corrected chi connectivity index (χ0v) is 13.1. The molecule has 3 unspecified atom stereocenters. The van der Waals surface area contributed by atoms with Gasteiger partial charge in [-0.3, -0.25) is 4.90 Å². The Labute approximate surface area is 127 Å². The third kappa shape index (κ3) is 3.28. The maximum absolute atomic E-state index is 6.48. The minimum Gasteiger partial charge on any atom is -0.323 e. The van der Waals surface area contributed by atoms with Crippen LogP contribution in [0.15, 0.2) is 42.5 Å². The average Bonchev–Trinajstić information content (AvgIpc) is 2.50. The lowest BCUT2D eigenvalue weighted by atomic mass is 9.93. The number of benzene rings is 2. The summed E-state index contributed by atoms with van der Waals surface area (Å²) in [6.07, 6.45) is 2.65. The van der Waals surface area contributed by atoms with E-state index in [1.165, 1.54) is 35.7 Å². The first-order chi connectivity index (χ1) is 10.1. The van der Waals surface area contributed by atoms with Crippen molar-refractivity contribution in [1.82, 2.24) is 4.90 Å². The molecule has 1 aliphatic heterocycles. The fourth-order valence-corrected chi connectivity index (χ4v) is 3.43. The van der Waals surface area contributed by atoms with Crippen molar-refractivity contribution in [2.75, 3.05) is 13.1 Å². The van der Waals surface area contributed by atoms with E-state index in [2.05, 4.69) is 61.2 Å². The van der Waals surface area contributed by atoms with Crippen LogP contribution in [0.1, 0.15) is 38.3 Å². The van der Waals surface area contributed by atoms with Gasteiger partial charge in [-0.05, 0) is 48.1 Å². The number of fused-ring (bicyclic) bond motifs is 1. The van der Waals surface area contributed by atoms with Crippen molar-refractivity contribution >= 4 is 10.8 Å². The largest absolute Gasteiger partial charge is 0.323 e. The molecule has 112 valence electrons. The van der Waals surface area contributed by atoms with Crippen molar-refractivity contribution < 1.29 is 0 Å². The molecule has 1 saturated heterocycles. The number of rotatable bonds is 3. The molecule has 0 amide bonds. The first-order valence-corrected chi connectivity index (χ1v) is 8.12. The van der Waals surface area contributed by atoms with Crippen molar-refractivity contribution in [2.45, 2.75) is 38.8 Å². The summed E-state index contributed by atoms with van der Waals surface area (Å²) in [5.41, 5.74) is 7.73. The van der Waals surface area contributed by atoms with Crippen molar-refractivity contribution in [3.63, 3.8) is 0 Å². The Hall–Kier alpha value is -1.38. The fraction of sp³-hybridized carbons (Fsp3) is 0.474. The van der Waals surface area contributed by atoms with Crippen LogP contribution >= 0.6 is 0 Å². The second-order valence-electron chi connectivity index (χ2n) is 6.70. The van der Waals surface area contributed by atoms with E-state index in [1.54, 1.807) is 0 Å². The van der Waals surface area contributed by atoms with Gasteiger partial charge in [0.05, 0.1) is 0 Å². The molecule has 3 atom stereocenters. The highest BCUT2D eigenvalue weighted by molar-refractivity contribution is 5.83. The highest BCUT2D eigenvalue weighted by Crippen LogP contribution is 2.25. The van der Waals surface area contributed by atoms with Crippen molar-refractivity contribution in [1.29, 1.82) is 0 Å². The van der Waals surface area contributed by atoms with Gasteiger partial charge in [0.2, 0.25) is 0 Å². The maximum Gasteiger partial charge on any atom is 0.0424 e. The van der Waals surface area contributed by atoms with E-state index in [0.29, 0.717) is 6.04 Å². The van der Waals surface area contributed by atoms with E-state index < -0.39 is 0 Å². The monoisotopic (exact) mass is 282 g/mol. The molecule has 0 aliphatic carbocycles. The van der Waals surface area contributed by atoms with E-state index in [0.717, 1.165) is 12.5 Å². The molecule has 3 rings (SSSR count). The van der Waals surface area contributed by atoms with Crippen molar-refractivity contribution in [2.24, 2.45) is 11.7 Å². The normalized spacial score (nSPS) is 25.1. The van der Waals surface area contributed by atoms with Gasteiger partial charge >= 0.3 is 0 Å². The Morgan fingerprint density at radius 1 is 1.10 bits per heavy atom. The number of hydrogen-bond donors (Lipinski definition) is 1. The molecule has 0 spiro atoms. The number of likely N-dealkylation sites (tertiary alicyclic amines) is 1. The van der Waals surface area contributed by atoms with Crippen molar-refractivity contribution in [3.05, 3.63) is 48.0 Å². The molecular formula is C19H26N2. The van der Waals surface area contributed by atoms with Gasteiger partial charge in [-0.15, -0.1) is 0 Å². The molecule has 2 aromatic rings. The van der Waals surface area contributed by atoms with Crippen LogP contribution in [-0.2, 0) is 0 Å². The first kappa shape index (κ1) is 14.6. The molecule has 0 saturated carbocycles. The lowest BCUT2D eigenvalue weighted by molar-refractivity contribution is 0.117. The maximum atomic E-state index is 6.48. The number of piperidine rings is 1. The van der Waals surface area contributed by atoms with E-state index in [1.807, 2.05) is 0 Å². The summed E-state index contributed by atoms with van der Waals surface area (Å²) in [6.45, 7) is 6.83. The van der Waals surface area contributed by atoms with Crippen LogP contribution in [0.5, 0.6) is 0 Å². The molecule has 0 bridgehead atoms. The summed E-state index contributed by atoms with van der Waals surface area (Å²) in [6, 6.07) is 15.9. The predicted molar refractivity (Wildman–Crippen MR) is 90.3 cm³/mol. The molecule has 0 aromatic heterocycles. The summed E-state index contributed by atoms with van der Waals surface area (Å²) in [4.78, 5) is 2.56. The van der Waals surface area contributed by atoms with Gasteiger partial charge in [-0.2, -0.15) is 0 Å². The Morgan fingerprint density at radius 2 is 1.86 bits per heavy atom. The molecule has 2 N–H and O–H groups in total. The first-order valence-electron chi connectivity index (χ1n) is 8.12. The summed E-state index contributed by atoms with van der Waals surface area (Å²) in [7, 11) is 0. The second-order valence-corrected chi connectivity index (χ2v) is 6.70. The third-order valence-corrected chi connectivity index (χ3v) is 4.88. The summed E-state index contributed by atoms with van der Waals surface area (Å²) in [5.74, 6) is 0.796. The second kappa shape index (κ2) is 6.17. The summed E-state index contributed by atoms with van der Waals surface area (Å²) < 4.78 is 0. The van der Waals surface area contributed by atoms with Crippen LogP contribution in [0.2, 0.25) is 0 Å². The van der Waals surface area contributed by atoms with E-state index >= 15 is 0 Å². The van der Waals surface area contributed by atoms with Gasteiger partial charge in [-0.25, -0.2) is 0 Å². The van der Waals surface area contributed by atoms with Gasteiger partial charge in [-0.1, -0.05) is 43.3 Å². The van der Waals surface area contributed by atoms with Crippen LogP contribution in [-0.4, -0.2) is 24.0 Å². The Morgan fingerprint density at radius 3 is 2.67 bits per heavy atom. The predicted octanol–water partition coefficient (Wildman–Crippen LogP) is 3.96. The van der Waals surface area contributed by atoms with Crippen LogP contribution in [0.4, 0.5) is 0 Å². The summed E-state index contributed by atoms with van der Waals surface area (Å²) in [5, 5.41) is 2.57. The molecule has 1 aliphatic rings. The molecule has 1 heterocycles. The summed E-state index contributed by atoms with van der Waals surface area (Å²) >= 11 is 0. The molecule has 21 heavy (non-hydrogen) atoms. The zero-order valence-electron chi connectivity index (χ0n) is 13.1. The quantitative estimate of drug-likeness (QED) is 0.923. The smallest absolute Gasteiger partial charge is 0.0424 e. The van der Waals surface area contributed by atoms with Crippen molar-refractivity contribution in [3.8, 4) is 0 Å². The zero-order chi connectivity index (χ0) is 14.8. The Kier molecular flexibility index (Phi) is 4.27. The Bertz CT molecular complexity index is 607. The van der Waals surface area contributed by atoms with Gasteiger partial charge < -0.3 is 5.73 Å². The van der Waals surface area contributed by atoms with Gasteiger partial charge in [0, 0.05) is 25.2 Å². The number of nitrogens with zero attached hydrogens (tertiary/aromatic N) is 1. The van der Waals surface area contributed by atoms with Gasteiger partial charge in [0.1, 0.15) is 0 Å². The SMILES string of the molecule is CC1CCC(C)N(CC(N)c2ccc3ccccc3c2)C1. The minimum atomic E-state index is 0.0994. The highest BCUT2D eigenvalue weighted by Gasteiger charge is 2.24.